The Balaban J connectivity index is 2.14. The molecule has 3 aromatic heterocycles. The molecular weight excluding hydrogens is 246 g/mol. The van der Waals surface area contributed by atoms with Crippen molar-refractivity contribution in [2.45, 2.75) is 33.9 Å². The number of rotatable bonds is 3. The van der Waals surface area contributed by atoms with Crippen molar-refractivity contribution < 1.29 is 4.52 Å². The Morgan fingerprint density at radius 1 is 1.26 bits per heavy atom. The third kappa shape index (κ3) is 1.76. The summed E-state index contributed by atoms with van der Waals surface area (Å²) in [6.07, 6.45) is 0. The monoisotopic (exact) mass is 261 g/mol. The SMILES string of the molecule is CCn1nc(C)c2nc(N)n(Cc3nc(C)no3)c21. The van der Waals surface area contributed by atoms with E-state index in [1.54, 1.807) is 6.92 Å². The second-order valence-electron chi connectivity index (χ2n) is 4.36. The largest absolute Gasteiger partial charge is 0.369 e. The van der Waals surface area contributed by atoms with Crippen molar-refractivity contribution >= 4 is 17.1 Å². The molecule has 3 heterocycles. The van der Waals surface area contributed by atoms with Crippen molar-refractivity contribution in [1.29, 1.82) is 0 Å². The fourth-order valence-electron chi connectivity index (χ4n) is 2.16. The predicted molar refractivity (Wildman–Crippen MR) is 68.5 cm³/mol. The Bertz CT molecular complexity index is 736. The number of aromatic nitrogens is 6. The van der Waals surface area contributed by atoms with E-state index in [9.17, 15) is 0 Å². The zero-order valence-corrected chi connectivity index (χ0v) is 11.1. The van der Waals surface area contributed by atoms with Crippen molar-refractivity contribution in [3.8, 4) is 0 Å². The van der Waals surface area contributed by atoms with Gasteiger partial charge in [-0.3, -0.25) is 4.57 Å². The van der Waals surface area contributed by atoms with Gasteiger partial charge >= 0.3 is 0 Å². The number of nitrogens with zero attached hydrogens (tertiary/aromatic N) is 6. The summed E-state index contributed by atoms with van der Waals surface area (Å²) in [6, 6.07) is 0. The van der Waals surface area contributed by atoms with Crippen LogP contribution < -0.4 is 5.73 Å². The zero-order chi connectivity index (χ0) is 13.6. The molecule has 19 heavy (non-hydrogen) atoms. The molecule has 0 bridgehead atoms. The van der Waals surface area contributed by atoms with E-state index in [0.29, 0.717) is 24.2 Å². The molecule has 0 aromatic carbocycles. The molecular formula is C11H15N7O. The smallest absolute Gasteiger partial charge is 0.246 e. The third-order valence-electron chi connectivity index (χ3n) is 2.99. The maximum atomic E-state index is 5.97. The van der Waals surface area contributed by atoms with Crippen LogP contribution in [0.25, 0.3) is 11.2 Å². The van der Waals surface area contributed by atoms with E-state index in [0.717, 1.165) is 23.4 Å². The fourth-order valence-corrected chi connectivity index (χ4v) is 2.16. The number of anilines is 1. The first-order chi connectivity index (χ1) is 9.10. The minimum Gasteiger partial charge on any atom is -0.369 e. The second kappa shape index (κ2) is 4.08. The molecule has 0 spiro atoms. The van der Waals surface area contributed by atoms with Crippen LogP contribution in [-0.4, -0.2) is 29.5 Å². The average molecular weight is 261 g/mol. The molecule has 0 aliphatic heterocycles. The van der Waals surface area contributed by atoms with Gasteiger partial charge in [-0.1, -0.05) is 5.16 Å². The molecule has 0 atom stereocenters. The molecule has 0 saturated heterocycles. The van der Waals surface area contributed by atoms with Crippen LogP contribution in [0.4, 0.5) is 5.95 Å². The standard InChI is InChI=1S/C11H15N7O/c1-4-18-10-9(6(2)15-18)14-11(12)17(10)5-8-13-7(3)16-19-8/h4-5H2,1-3H3,(H2,12,14). The first kappa shape index (κ1) is 11.7. The second-order valence-corrected chi connectivity index (χ2v) is 4.36. The molecule has 0 fully saturated rings. The normalized spacial score (nSPS) is 11.5. The van der Waals surface area contributed by atoms with Gasteiger partial charge < -0.3 is 10.3 Å². The van der Waals surface area contributed by atoms with Gasteiger partial charge in [-0.25, -0.2) is 9.67 Å². The van der Waals surface area contributed by atoms with Crippen LogP contribution in [0.3, 0.4) is 0 Å². The van der Waals surface area contributed by atoms with Crippen molar-refractivity contribution in [1.82, 2.24) is 29.5 Å². The van der Waals surface area contributed by atoms with E-state index in [1.807, 2.05) is 23.1 Å². The first-order valence-corrected chi connectivity index (χ1v) is 6.08. The van der Waals surface area contributed by atoms with Gasteiger partial charge in [0.25, 0.3) is 0 Å². The zero-order valence-electron chi connectivity index (χ0n) is 11.1. The van der Waals surface area contributed by atoms with Crippen molar-refractivity contribution in [3.63, 3.8) is 0 Å². The fraction of sp³-hybridized carbons (Fsp3) is 0.455. The lowest BCUT2D eigenvalue weighted by Gasteiger charge is -2.04. The average Bonchev–Trinajstić information content (AvgIpc) is 3.00. The van der Waals surface area contributed by atoms with Crippen LogP contribution >= 0.6 is 0 Å². The molecule has 2 N–H and O–H groups in total. The van der Waals surface area contributed by atoms with Crippen molar-refractivity contribution in [3.05, 3.63) is 17.4 Å². The predicted octanol–water partition coefficient (Wildman–Crippen LogP) is 0.883. The van der Waals surface area contributed by atoms with Crippen LogP contribution in [0, 0.1) is 13.8 Å². The minimum atomic E-state index is 0.397. The molecule has 0 aliphatic carbocycles. The van der Waals surface area contributed by atoms with Gasteiger partial charge in [0.05, 0.1) is 5.69 Å². The number of fused-ring (bicyclic) bond motifs is 1. The van der Waals surface area contributed by atoms with Gasteiger partial charge in [0.2, 0.25) is 11.8 Å². The Hall–Kier alpha value is -2.38. The number of imidazole rings is 1. The van der Waals surface area contributed by atoms with E-state index in [-0.39, 0.29) is 0 Å². The summed E-state index contributed by atoms with van der Waals surface area (Å²) in [6.45, 7) is 6.87. The van der Waals surface area contributed by atoms with Gasteiger partial charge in [0.15, 0.2) is 11.5 Å². The Morgan fingerprint density at radius 3 is 2.68 bits per heavy atom. The van der Waals surface area contributed by atoms with Gasteiger partial charge in [-0.05, 0) is 20.8 Å². The first-order valence-electron chi connectivity index (χ1n) is 6.08. The summed E-state index contributed by atoms with van der Waals surface area (Å²) in [7, 11) is 0. The highest BCUT2D eigenvalue weighted by Crippen LogP contribution is 2.21. The van der Waals surface area contributed by atoms with Crippen LogP contribution in [0.15, 0.2) is 4.52 Å². The molecule has 3 aromatic rings. The maximum absolute atomic E-state index is 5.97. The highest BCUT2D eigenvalue weighted by atomic mass is 16.5. The summed E-state index contributed by atoms with van der Waals surface area (Å²) in [5.74, 6) is 1.53. The molecule has 3 rings (SSSR count). The van der Waals surface area contributed by atoms with Crippen LogP contribution in [0.5, 0.6) is 0 Å². The minimum absolute atomic E-state index is 0.397. The van der Waals surface area contributed by atoms with E-state index < -0.39 is 0 Å². The van der Waals surface area contributed by atoms with E-state index in [1.165, 1.54) is 0 Å². The summed E-state index contributed by atoms with van der Waals surface area (Å²) < 4.78 is 8.84. The number of nitrogen functional groups attached to an aromatic ring is 1. The molecule has 0 unspecified atom stereocenters. The Kier molecular flexibility index (Phi) is 2.51. The lowest BCUT2D eigenvalue weighted by atomic mass is 10.4. The van der Waals surface area contributed by atoms with Gasteiger partial charge in [-0.15, -0.1) is 0 Å². The number of hydrogen-bond donors (Lipinski definition) is 1. The highest BCUT2D eigenvalue weighted by molar-refractivity contribution is 5.77. The Labute approximate surface area is 109 Å². The van der Waals surface area contributed by atoms with Crippen molar-refractivity contribution in [2.24, 2.45) is 0 Å². The molecule has 100 valence electrons. The van der Waals surface area contributed by atoms with Gasteiger partial charge in [-0.2, -0.15) is 10.1 Å². The van der Waals surface area contributed by atoms with Crippen LogP contribution in [-0.2, 0) is 13.1 Å². The van der Waals surface area contributed by atoms with Crippen molar-refractivity contribution in [2.75, 3.05) is 5.73 Å². The summed E-state index contributed by atoms with van der Waals surface area (Å²) in [5, 5.41) is 8.20. The van der Waals surface area contributed by atoms with Crippen LogP contribution in [0.1, 0.15) is 24.3 Å². The molecule has 0 saturated carbocycles. The Morgan fingerprint density at radius 2 is 2.05 bits per heavy atom. The summed E-state index contributed by atoms with van der Waals surface area (Å²) in [4.78, 5) is 8.54. The van der Waals surface area contributed by atoms with E-state index in [2.05, 4.69) is 20.2 Å². The highest BCUT2D eigenvalue weighted by Gasteiger charge is 2.18. The molecule has 8 heteroatoms. The number of hydrogen-bond acceptors (Lipinski definition) is 6. The quantitative estimate of drug-likeness (QED) is 0.751. The van der Waals surface area contributed by atoms with Crippen LogP contribution in [0.2, 0.25) is 0 Å². The van der Waals surface area contributed by atoms with Gasteiger partial charge in [0.1, 0.15) is 12.1 Å². The molecule has 0 amide bonds. The van der Waals surface area contributed by atoms with E-state index >= 15 is 0 Å². The molecule has 0 aliphatic rings. The number of nitrogens with two attached hydrogens (primary N) is 1. The molecule has 8 nitrogen and oxygen atoms in total. The lowest BCUT2D eigenvalue weighted by molar-refractivity contribution is 0.368. The summed E-state index contributed by atoms with van der Waals surface area (Å²) in [5.41, 5.74) is 8.53. The lowest BCUT2D eigenvalue weighted by Crippen LogP contribution is -2.09. The summed E-state index contributed by atoms with van der Waals surface area (Å²) >= 11 is 0. The maximum Gasteiger partial charge on any atom is 0.246 e. The number of aryl methyl sites for hydroxylation is 3. The van der Waals surface area contributed by atoms with E-state index in [4.69, 9.17) is 10.3 Å². The third-order valence-corrected chi connectivity index (χ3v) is 2.99. The topological polar surface area (TPSA) is 101 Å². The molecule has 0 radical (unpaired) electrons. The van der Waals surface area contributed by atoms with Gasteiger partial charge in [0, 0.05) is 6.54 Å².